The molecule has 5 rings (SSSR count). The first kappa shape index (κ1) is 18.9. The lowest BCUT2D eigenvalue weighted by atomic mass is 10.0. The third-order valence-corrected chi connectivity index (χ3v) is 5.45. The zero-order chi connectivity index (χ0) is 21.5. The van der Waals surface area contributed by atoms with Crippen molar-refractivity contribution in [3.05, 3.63) is 94.8 Å². The molecule has 2 aromatic heterocycles. The lowest BCUT2D eigenvalue weighted by molar-refractivity contribution is 0.103. The maximum Gasteiger partial charge on any atom is 0.204 e. The molecular weight excluding hydrogens is 386 g/mol. The van der Waals surface area contributed by atoms with Crippen molar-refractivity contribution in [2.24, 2.45) is 0 Å². The van der Waals surface area contributed by atoms with Gasteiger partial charge in [0.15, 0.2) is 11.6 Å². The number of ketones is 1. The molecule has 3 aromatic carbocycles. The van der Waals surface area contributed by atoms with Gasteiger partial charge >= 0.3 is 0 Å². The number of aromatic nitrogens is 4. The lowest BCUT2D eigenvalue weighted by Crippen LogP contribution is -2.05. The minimum Gasteiger partial charge on any atom is -0.337 e. The maximum absolute atomic E-state index is 12.9. The van der Waals surface area contributed by atoms with E-state index in [0.717, 1.165) is 27.8 Å². The van der Waals surface area contributed by atoms with Crippen LogP contribution in [0.2, 0.25) is 0 Å². The van der Waals surface area contributed by atoms with Gasteiger partial charge in [0.2, 0.25) is 5.65 Å². The van der Waals surface area contributed by atoms with Crippen molar-refractivity contribution in [3.8, 4) is 0 Å². The van der Waals surface area contributed by atoms with E-state index >= 15 is 0 Å². The Labute approximate surface area is 179 Å². The summed E-state index contributed by atoms with van der Waals surface area (Å²) >= 11 is 0. The van der Waals surface area contributed by atoms with Crippen LogP contribution < -0.4 is 5.32 Å². The van der Waals surface area contributed by atoms with Gasteiger partial charge in [0.25, 0.3) is 0 Å². The minimum atomic E-state index is -0.0307. The summed E-state index contributed by atoms with van der Waals surface area (Å²) in [4.78, 5) is 17.7. The fraction of sp³-hybridized carbons (Fsp3) is 0.120. The van der Waals surface area contributed by atoms with Crippen molar-refractivity contribution < 1.29 is 4.79 Å². The van der Waals surface area contributed by atoms with Gasteiger partial charge in [0, 0.05) is 16.8 Å². The molecule has 0 saturated carbocycles. The largest absolute Gasteiger partial charge is 0.337 e. The number of hydrogen-bond acceptors (Lipinski definition) is 5. The number of nitrogens with one attached hydrogen (secondary N) is 1. The van der Waals surface area contributed by atoms with Crippen molar-refractivity contribution >= 4 is 34.0 Å². The molecule has 0 aliphatic rings. The van der Waals surface area contributed by atoms with Gasteiger partial charge in [-0.3, -0.25) is 9.20 Å². The Kier molecular flexibility index (Phi) is 4.47. The van der Waals surface area contributed by atoms with E-state index in [-0.39, 0.29) is 5.78 Å². The van der Waals surface area contributed by atoms with Crippen molar-refractivity contribution in [1.82, 2.24) is 19.6 Å². The highest BCUT2D eigenvalue weighted by atomic mass is 16.1. The molecule has 0 aliphatic heterocycles. The molecule has 0 aliphatic carbocycles. The molecule has 6 nitrogen and oxygen atoms in total. The minimum absolute atomic E-state index is 0.0307. The van der Waals surface area contributed by atoms with Gasteiger partial charge in [-0.2, -0.15) is 0 Å². The van der Waals surface area contributed by atoms with Crippen LogP contribution in [0.15, 0.2) is 67.0 Å². The summed E-state index contributed by atoms with van der Waals surface area (Å²) in [6.07, 6.45) is 1.65. The summed E-state index contributed by atoms with van der Waals surface area (Å²) in [6.45, 7) is 6.24. The van der Waals surface area contributed by atoms with E-state index in [9.17, 15) is 4.79 Å². The van der Waals surface area contributed by atoms with Crippen LogP contribution in [0.1, 0.15) is 32.6 Å². The standard InChI is InChI=1S/C25H21N5O/c1-15-11-16(2)22(17(3)12-15)28-24-25-29-26-14-30(25)21-13-19(9-10-20(21)27-24)23(31)18-7-5-4-6-8-18/h4-14H,1-3H3,(H,27,28). The highest BCUT2D eigenvalue weighted by molar-refractivity contribution is 6.10. The molecular formula is C25H21N5O. The summed E-state index contributed by atoms with van der Waals surface area (Å²) in [5, 5.41) is 11.8. The molecule has 0 spiro atoms. The van der Waals surface area contributed by atoms with Gasteiger partial charge in [0.05, 0.1) is 11.0 Å². The first-order valence-electron chi connectivity index (χ1n) is 10.1. The molecule has 0 fully saturated rings. The summed E-state index contributed by atoms with van der Waals surface area (Å²) in [5.41, 5.74) is 7.90. The van der Waals surface area contributed by atoms with Crippen molar-refractivity contribution in [2.75, 3.05) is 5.32 Å². The molecule has 0 saturated heterocycles. The molecule has 1 N–H and O–H groups in total. The molecule has 0 bridgehead atoms. The first-order valence-corrected chi connectivity index (χ1v) is 10.1. The molecule has 6 heteroatoms. The molecule has 0 radical (unpaired) electrons. The second-order valence-corrected chi connectivity index (χ2v) is 7.78. The summed E-state index contributed by atoms with van der Waals surface area (Å²) in [5.74, 6) is 0.596. The number of hydrogen-bond donors (Lipinski definition) is 1. The van der Waals surface area contributed by atoms with Crippen LogP contribution in [0.5, 0.6) is 0 Å². The molecule has 0 unspecified atom stereocenters. The number of carbonyl (C=O) groups is 1. The Hall–Kier alpha value is -4.06. The van der Waals surface area contributed by atoms with Gasteiger partial charge in [0.1, 0.15) is 6.33 Å². The zero-order valence-corrected chi connectivity index (χ0v) is 17.5. The van der Waals surface area contributed by atoms with Gasteiger partial charge in [-0.1, -0.05) is 48.0 Å². The third-order valence-electron chi connectivity index (χ3n) is 5.45. The number of benzene rings is 3. The predicted molar refractivity (Wildman–Crippen MR) is 122 cm³/mol. The number of rotatable bonds is 4. The van der Waals surface area contributed by atoms with Crippen LogP contribution in [-0.2, 0) is 0 Å². The summed E-state index contributed by atoms with van der Waals surface area (Å²) in [6, 6.07) is 19.1. The van der Waals surface area contributed by atoms with E-state index in [0.29, 0.717) is 22.6 Å². The molecule has 5 aromatic rings. The van der Waals surface area contributed by atoms with E-state index in [1.165, 1.54) is 5.56 Å². The van der Waals surface area contributed by atoms with Gasteiger partial charge in [-0.25, -0.2) is 4.98 Å². The fourth-order valence-electron chi connectivity index (χ4n) is 4.03. The predicted octanol–water partition coefficient (Wildman–Crippen LogP) is 5.18. The Morgan fingerprint density at radius 1 is 0.903 bits per heavy atom. The summed E-state index contributed by atoms with van der Waals surface area (Å²) < 4.78 is 1.87. The van der Waals surface area contributed by atoms with Crippen molar-refractivity contribution in [2.45, 2.75) is 20.8 Å². The quantitative estimate of drug-likeness (QED) is 0.416. The van der Waals surface area contributed by atoms with Crippen LogP contribution in [0, 0.1) is 20.8 Å². The van der Waals surface area contributed by atoms with Crippen LogP contribution in [-0.4, -0.2) is 25.4 Å². The molecule has 152 valence electrons. The molecule has 2 heterocycles. The number of aryl methyl sites for hydroxylation is 3. The third kappa shape index (κ3) is 3.32. The smallest absolute Gasteiger partial charge is 0.204 e. The molecule has 0 amide bonds. The highest BCUT2D eigenvalue weighted by Crippen LogP contribution is 2.29. The zero-order valence-electron chi connectivity index (χ0n) is 17.5. The average molecular weight is 407 g/mol. The summed E-state index contributed by atoms with van der Waals surface area (Å²) in [7, 11) is 0. The lowest BCUT2D eigenvalue weighted by Gasteiger charge is -2.15. The molecule has 31 heavy (non-hydrogen) atoms. The van der Waals surface area contributed by atoms with Gasteiger partial charge in [-0.15, -0.1) is 10.2 Å². The Morgan fingerprint density at radius 2 is 1.65 bits per heavy atom. The first-order chi connectivity index (χ1) is 15.0. The van der Waals surface area contributed by atoms with Crippen LogP contribution in [0.3, 0.4) is 0 Å². The van der Waals surface area contributed by atoms with Crippen LogP contribution in [0.25, 0.3) is 16.7 Å². The van der Waals surface area contributed by atoms with E-state index < -0.39 is 0 Å². The van der Waals surface area contributed by atoms with Gasteiger partial charge < -0.3 is 5.32 Å². The maximum atomic E-state index is 12.9. The number of nitrogens with zero attached hydrogens (tertiary/aromatic N) is 4. The average Bonchev–Trinajstić information content (AvgIpc) is 3.26. The normalized spacial score (nSPS) is 11.2. The Morgan fingerprint density at radius 3 is 2.39 bits per heavy atom. The monoisotopic (exact) mass is 407 g/mol. The van der Waals surface area contributed by atoms with E-state index in [1.807, 2.05) is 52.9 Å². The van der Waals surface area contributed by atoms with Crippen LogP contribution in [0.4, 0.5) is 11.5 Å². The topological polar surface area (TPSA) is 72.2 Å². The van der Waals surface area contributed by atoms with Crippen molar-refractivity contribution in [3.63, 3.8) is 0 Å². The van der Waals surface area contributed by atoms with Gasteiger partial charge in [-0.05, 0) is 50.1 Å². The van der Waals surface area contributed by atoms with E-state index in [1.54, 1.807) is 6.33 Å². The number of carbonyl (C=O) groups excluding carboxylic acids is 1. The number of fused-ring (bicyclic) bond motifs is 3. The molecule has 0 atom stereocenters. The van der Waals surface area contributed by atoms with E-state index in [2.05, 4.69) is 48.4 Å². The Bertz CT molecular complexity index is 1430. The Balaban J connectivity index is 1.63. The highest BCUT2D eigenvalue weighted by Gasteiger charge is 2.15. The fourth-order valence-corrected chi connectivity index (χ4v) is 4.03. The number of anilines is 2. The second-order valence-electron chi connectivity index (χ2n) is 7.78. The van der Waals surface area contributed by atoms with Crippen LogP contribution >= 0.6 is 0 Å². The van der Waals surface area contributed by atoms with Crippen molar-refractivity contribution in [1.29, 1.82) is 0 Å². The SMILES string of the molecule is Cc1cc(C)c(Nc2nc3ccc(C(=O)c4ccccc4)cc3n3cnnc23)c(C)c1. The van der Waals surface area contributed by atoms with E-state index in [4.69, 9.17) is 4.98 Å². The second kappa shape index (κ2) is 7.32.